The Balaban J connectivity index is 1.08. The summed E-state index contributed by atoms with van der Waals surface area (Å²) < 4.78 is 39.6. The summed E-state index contributed by atoms with van der Waals surface area (Å²) in [5.41, 5.74) is -0.493. The van der Waals surface area contributed by atoms with Crippen LogP contribution in [-0.2, 0) is 32.9 Å². The van der Waals surface area contributed by atoms with Crippen LogP contribution in [0.2, 0.25) is 5.04 Å². The second-order valence-electron chi connectivity index (χ2n) is 17.2. The van der Waals surface area contributed by atoms with Gasteiger partial charge in [-0.3, -0.25) is 4.79 Å². The molecule has 2 aromatic rings. The molecule has 1 N–H and O–H groups in total. The monoisotopic (exact) mass is 720 g/mol. The summed E-state index contributed by atoms with van der Waals surface area (Å²) in [6.07, 6.45) is 8.64. The first-order valence-corrected chi connectivity index (χ1v) is 21.1. The van der Waals surface area contributed by atoms with E-state index < -0.39 is 31.4 Å². The van der Waals surface area contributed by atoms with Gasteiger partial charge in [0.1, 0.15) is 6.10 Å². The number of unbranched alkanes of at least 4 members (excludes halogenated alkanes) is 1. The number of hydrogen-bond acceptors (Lipinski definition) is 8. The summed E-state index contributed by atoms with van der Waals surface area (Å²) in [6.45, 7) is 15.5. The van der Waals surface area contributed by atoms with E-state index in [1.165, 1.54) is 10.4 Å². The van der Waals surface area contributed by atoms with Gasteiger partial charge in [0.15, 0.2) is 11.6 Å². The van der Waals surface area contributed by atoms with Gasteiger partial charge in [-0.05, 0) is 68.3 Å². The van der Waals surface area contributed by atoms with Crippen molar-refractivity contribution in [3.05, 3.63) is 72.8 Å². The lowest BCUT2D eigenvalue weighted by molar-refractivity contribution is -0.391. The Bertz CT molecular complexity index is 1450. The molecule has 0 radical (unpaired) electrons. The summed E-state index contributed by atoms with van der Waals surface area (Å²) in [6, 6.07) is 21.5. The molecule has 280 valence electrons. The SMILES string of the molecule is C[C@H]1C[C@@H]2O[C@@H](CO[Si](c3ccccc3)(c3ccccc3)C(C)(C)C)C[C@@H]2O[C@@]12CC[C@@]1(O[C@H](/C=C/CCCOC(=O)C(C)(C)C)CC[C@H]1O)O2. The van der Waals surface area contributed by atoms with Gasteiger partial charge in [0.2, 0.25) is 0 Å². The van der Waals surface area contributed by atoms with Crippen molar-refractivity contribution in [1.82, 2.24) is 0 Å². The molecule has 0 aliphatic carbocycles. The molecule has 0 saturated carbocycles. The summed E-state index contributed by atoms with van der Waals surface area (Å²) in [7, 11) is -2.70. The predicted octanol–water partition coefficient (Wildman–Crippen LogP) is 6.81. The zero-order valence-electron chi connectivity index (χ0n) is 31.8. The molecule has 2 aromatic carbocycles. The molecule has 4 saturated heterocycles. The molecule has 4 fully saturated rings. The summed E-state index contributed by atoms with van der Waals surface area (Å²) in [5, 5.41) is 13.7. The third-order valence-electron chi connectivity index (χ3n) is 11.3. The zero-order chi connectivity index (χ0) is 36.5. The Morgan fingerprint density at radius 2 is 1.55 bits per heavy atom. The maximum atomic E-state index is 12.0. The van der Waals surface area contributed by atoms with E-state index in [1.54, 1.807) is 0 Å². The quantitative estimate of drug-likeness (QED) is 0.124. The predicted molar refractivity (Wildman–Crippen MR) is 200 cm³/mol. The molecule has 6 rings (SSSR count). The molecular formula is C42H60O8Si. The van der Waals surface area contributed by atoms with Crippen LogP contribution >= 0.6 is 0 Å². The minimum atomic E-state index is -2.70. The lowest BCUT2D eigenvalue weighted by Gasteiger charge is -2.47. The molecule has 0 aromatic heterocycles. The van der Waals surface area contributed by atoms with Gasteiger partial charge >= 0.3 is 5.97 Å². The van der Waals surface area contributed by atoms with Crippen molar-refractivity contribution in [3.63, 3.8) is 0 Å². The Labute approximate surface area is 306 Å². The molecule has 4 aliphatic heterocycles. The number of hydrogen-bond donors (Lipinski definition) is 1. The maximum absolute atomic E-state index is 12.0. The highest BCUT2D eigenvalue weighted by molar-refractivity contribution is 6.99. The second kappa shape index (κ2) is 15.2. The fourth-order valence-corrected chi connectivity index (χ4v) is 13.1. The van der Waals surface area contributed by atoms with Gasteiger partial charge in [-0.25, -0.2) is 0 Å². The number of esters is 1. The molecule has 4 aliphatic rings. The first kappa shape index (κ1) is 38.4. The number of aliphatic hydroxyl groups excluding tert-OH is 1. The van der Waals surface area contributed by atoms with E-state index in [0.29, 0.717) is 32.5 Å². The van der Waals surface area contributed by atoms with Crippen LogP contribution in [-0.4, -0.2) is 74.7 Å². The van der Waals surface area contributed by atoms with Crippen molar-refractivity contribution in [2.24, 2.45) is 11.3 Å². The second-order valence-corrected chi connectivity index (χ2v) is 21.5. The van der Waals surface area contributed by atoms with E-state index in [2.05, 4.69) is 101 Å². The average Bonchev–Trinajstić information content (AvgIpc) is 3.66. The molecule has 8 atom stereocenters. The van der Waals surface area contributed by atoms with Crippen LogP contribution in [0.25, 0.3) is 0 Å². The molecule has 0 unspecified atom stereocenters. The Morgan fingerprint density at radius 3 is 2.18 bits per heavy atom. The molecule has 0 amide bonds. The van der Waals surface area contributed by atoms with Crippen LogP contribution in [0.4, 0.5) is 0 Å². The smallest absolute Gasteiger partial charge is 0.311 e. The number of carbonyl (C=O) groups excluding carboxylic acids is 1. The number of rotatable bonds is 10. The molecule has 8 nitrogen and oxygen atoms in total. The minimum Gasteiger partial charge on any atom is -0.465 e. The van der Waals surface area contributed by atoms with E-state index in [-0.39, 0.29) is 41.3 Å². The topological polar surface area (TPSA) is 92.7 Å². The first-order valence-electron chi connectivity index (χ1n) is 19.2. The van der Waals surface area contributed by atoms with Gasteiger partial charge in [0.05, 0.1) is 43.0 Å². The lowest BCUT2D eigenvalue weighted by Crippen LogP contribution is -2.67. The Hall–Kier alpha value is -2.37. The van der Waals surface area contributed by atoms with Crippen molar-refractivity contribution in [3.8, 4) is 0 Å². The molecule has 4 heterocycles. The lowest BCUT2D eigenvalue weighted by atomic mass is 9.86. The van der Waals surface area contributed by atoms with Crippen LogP contribution in [0.5, 0.6) is 0 Å². The van der Waals surface area contributed by atoms with Gasteiger partial charge in [0.25, 0.3) is 8.32 Å². The number of fused-ring (bicyclic) bond motifs is 1. The van der Waals surface area contributed by atoms with E-state index in [0.717, 1.165) is 32.1 Å². The minimum absolute atomic E-state index is 0.0333. The van der Waals surface area contributed by atoms with Gasteiger partial charge in [-0.2, -0.15) is 0 Å². The fraction of sp³-hybridized carbons (Fsp3) is 0.643. The average molecular weight is 721 g/mol. The number of benzene rings is 2. The van der Waals surface area contributed by atoms with Crippen molar-refractivity contribution < 1.29 is 38.0 Å². The van der Waals surface area contributed by atoms with E-state index in [4.69, 9.17) is 28.1 Å². The number of aliphatic hydroxyl groups is 1. The van der Waals surface area contributed by atoms with Gasteiger partial charge in [-0.15, -0.1) is 0 Å². The van der Waals surface area contributed by atoms with Crippen molar-refractivity contribution in [2.45, 2.75) is 147 Å². The van der Waals surface area contributed by atoms with E-state index in [1.807, 2.05) is 20.8 Å². The third-order valence-corrected chi connectivity index (χ3v) is 16.3. The molecule has 9 heteroatoms. The number of ether oxygens (including phenoxy) is 5. The third kappa shape index (κ3) is 7.96. The normalized spacial score (nSPS) is 32.9. The highest BCUT2D eigenvalue weighted by atomic mass is 28.4. The molecule has 51 heavy (non-hydrogen) atoms. The van der Waals surface area contributed by atoms with Gasteiger partial charge in [0, 0.05) is 25.2 Å². The Morgan fingerprint density at radius 1 is 0.902 bits per heavy atom. The van der Waals surface area contributed by atoms with Gasteiger partial charge < -0.3 is 33.2 Å². The summed E-state index contributed by atoms with van der Waals surface area (Å²) in [5.74, 6) is -2.04. The van der Waals surface area contributed by atoms with Crippen LogP contribution in [0, 0.1) is 11.3 Å². The van der Waals surface area contributed by atoms with Crippen LogP contribution in [0.1, 0.15) is 99.8 Å². The molecule has 2 spiro atoms. The number of carbonyl (C=O) groups is 1. The maximum Gasteiger partial charge on any atom is 0.311 e. The standard InChI is InChI=1S/C42H60O8Si/c1-30-27-35-36(28-32(47-35)29-46-51(40(5,6)7,33-18-12-8-13-19-33)34-20-14-9-15-21-34)49-41(30)24-25-42(50-41)37(43)23-22-31(48-42)17-11-10-16-26-45-38(44)39(2,3)4/h8-9,11-15,17-21,30-32,35-37,43H,10,16,22-29H2,1-7H3/b17-11+/t30-,31+,32+,35-,36-,37+,41+,42+/m0/s1. The zero-order valence-corrected chi connectivity index (χ0v) is 32.8. The highest BCUT2D eigenvalue weighted by Crippen LogP contribution is 2.54. The fourth-order valence-electron chi connectivity index (χ4n) is 8.51. The first-order chi connectivity index (χ1) is 24.2. The van der Waals surface area contributed by atoms with Crippen molar-refractivity contribution >= 4 is 24.7 Å². The van der Waals surface area contributed by atoms with Crippen LogP contribution in [0.15, 0.2) is 72.8 Å². The largest absolute Gasteiger partial charge is 0.465 e. The number of allylic oxidation sites excluding steroid dienone is 1. The highest BCUT2D eigenvalue weighted by Gasteiger charge is 2.63. The van der Waals surface area contributed by atoms with Crippen molar-refractivity contribution in [2.75, 3.05) is 13.2 Å². The van der Waals surface area contributed by atoms with Gasteiger partial charge in [-0.1, -0.05) is 101 Å². The summed E-state index contributed by atoms with van der Waals surface area (Å²) in [4.78, 5) is 12.0. The van der Waals surface area contributed by atoms with Crippen LogP contribution in [0.3, 0.4) is 0 Å². The van der Waals surface area contributed by atoms with E-state index in [9.17, 15) is 9.90 Å². The van der Waals surface area contributed by atoms with Crippen LogP contribution < -0.4 is 10.4 Å². The van der Waals surface area contributed by atoms with Crippen molar-refractivity contribution in [1.29, 1.82) is 0 Å². The summed E-state index contributed by atoms with van der Waals surface area (Å²) >= 11 is 0. The Kier molecular flexibility index (Phi) is 11.4. The molecule has 0 bridgehead atoms. The molecular weight excluding hydrogens is 661 g/mol. The van der Waals surface area contributed by atoms with E-state index >= 15 is 0 Å².